The highest BCUT2D eigenvalue weighted by atomic mass is 32.1. The van der Waals surface area contributed by atoms with Gasteiger partial charge in [0.15, 0.2) is 5.13 Å². The van der Waals surface area contributed by atoms with Crippen molar-refractivity contribution in [3.8, 4) is 0 Å². The Morgan fingerprint density at radius 1 is 1.50 bits per heavy atom. The van der Waals surface area contributed by atoms with Crippen molar-refractivity contribution in [2.75, 3.05) is 24.6 Å². The highest BCUT2D eigenvalue weighted by Gasteiger charge is 2.31. The van der Waals surface area contributed by atoms with E-state index in [0.717, 1.165) is 16.2 Å². The van der Waals surface area contributed by atoms with Gasteiger partial charge < -0.3 is 10.0 Å². The van der Waals surface area contributed by atoms with Crippen molar-refractivity contribution >= 4 is 16.5 Å². The van der Waals surface area contributed by atoms with Gasteiger partial charge in [0.1, 0.15) is 6.54 Å². The van der Waals surface area contributed by atoms with Crippen LogP contribution >= 0.6 is 11.3 Å². The van der Waals surface area contributed by atoms with Crippen LogP contribution < -0.4 is 4.90 Å². The minimum absolute atomic E-state index is 0.0625. The molecule has 7 heteroatoms. The van der Waals surface area contributed by atoms with Crippen molar-refractivity contribution in [3.05, 3.63) is 11.6 Å². The Hall–Kier alpha value is -0.820. The van der Waals surface area contributed by atoms with Crippen LogP contribution in [-0.4, -0.2) is 36.0 Å². The molecule has 1 aromatic heterocycles. The van der Waals surface area contributed by atoms with Crippen molar-refractivity contribution in [3.63, 3.8) is 0 Å². The molecule has 0 saturated carbocycles. The van der Waals surface area contributed by atoms with Crippen molar-refractivity contribution in [1.82, 2.24) is 4.98 Å². The average molecular weight is 226 g/mol. The van der Waals surface area contributed by atoms with Crippen LogP contribution in [0.25, 0.3) is 0 Å². The number of halogens is 3. The summed E-state index contributed by atoms with van der Waals surface area (Å²) in [4.78, 5) is 4.76. The molecule has 0 saturated heterocycles. The minimum atomic E-state index is -4.28. The number of anilines is 1. The van der Waals surface area contributed by atoms with Crippen molar-refractivity contribution < 1.29 is 18.3 Å². The quantitative estimate of drug-likeness (QED) is 0.845. The summed E-state index contributed by atoms with van der Waals surface area (Å²) in [5.41, 5.74) is 0. The molecule has 0 atom stereocenters. The van der Waals surface area contributed by atoms with Crippen LogP contribution in [0.15, 0.2) is 11.6 Å². The van der Waals surface area contributed by atoms with Crippen molar-refractivity contribution in [1.29, 1.82) is 0 Å². The zero-order valence-electron chi connectivity index (χ0n) is 7.16. The van der Waals surface area contributed by atoms with E-state index in [1.54, 1.807) is 5.38 Å². The van der Waals surface area contributed by atoms with Gasteiger partial charge in [0, 0.05) is 18.1 Å². The van der Waals surface area contributed by atoms with Gasteiger partial charge in [0.05, 0.1) is 6.61 Å². The zero-order chi connectivity index (χ0) is 10.6. The van der Waals surface area contributed by atoms with Crippen molar-refractivity contribution in [2.24, 2.45) is 0 Å². The van der Waals surface area contributed by atoms with E-state index < -0.39 is 12.7 Å². The second-order valence-electron chi connectivity index (χ2n) is 2.58. The molecule has 0 spiro atoms. The average Bonchev–Trinajstić information content (AvgIpc) is 2.52. The van der Waals surface area contributed by atoms with Crippen LogP contribution in [0.1, 0.15) is 0 Å². The van der Waals surface area contributed by atoms with Gasteiger partial charge in [-0.15, -0.1) is 11.3 Å². The molecule has 0 unspecified atom stereocenters. The number of aromatic nitrogens is 1. The normalized spacial score (nSPS) is 11.7. The third kappa shape index (κ3) is 3.51. The number of aliphatic hydroxyl groups excluding tert-OH is 1. The molecule has 1 rings (SSSR count). The monoisotopic (exact) mass is 226 g/mol. The summed E-state index contributed by atoms with van der Waals surface area (Å²) in [6.07, 6.45) is -2.85. The van der Waals surface area contributed by atoms with Gasteiger partial charge in [-0.3, -0.25) is 0 Å². The van der Waals surface area contributed by atoms with E-state index in [2.05, 4.69) is 4.98 Å². The Labute approximate surface area is 82.8 Å². The molecular weight excluding hydrogens is 217 g/mol. The van der Waals surface area contributed by atoms with E-state index in [1.807, 2.05) is 0 Å². The first-order valence-corrected chi connectivity index (χ1v) is 4.73. The summed E-state index contributed by atoms with van der Waals surface area (Å²) >= 11 is 1.12. The van der Waals surface area contributed by atoms with Crippen LogP contribution in [0.3, 0.4) is 0 Å². The van der Waals surface area contributed by atoms with E-state index in [1.165, 1.54) is 6.20 Å². The van der Waals surface area contributed by atoms with Crippen LogP contribution in [0.4, 0.5) is 18.3 Å². The Morgan fingerprint density at radius 2 is 2.21 bits per heavy atom. The zero-order valence-corrected chi connectivity index (χ0v) is 7.98. The molecule has 0 aliphatic heterocycles. The molecule has 0 aliphatic carbocycles. The van der Waals surface area contributed by atoms with Gasteiger partial charge in [0.25, 0.3) is 0 Å². The van der Waals surface area contributed by atoms with Gasteiger partial charge in [-0.2, -0.15) is 13.2 Å². The predicted molar refractivity (Wildman–Crippen MR) is 47.5 cm³/mol. The summed E-state index contributed by atoms with van der Waals surface area (Å²) in [5, 5.41) is 10.5. The van der Waals surface area contributed by atoms with Gasteiger partial charge in [-0.25, -0.2) is 4.98 Å². The Morgan fingerprint density at radius 3 is 2.64 bits per heavy atom. The molecule has 3 nitrogen and oxygen atoms in total. The maximum atomic E-state index is 12.1. The fraction of sp³-hybridized carbons (Fsp3) is 0.571. The number of alkyl halides is 3. The highest BCUT2D eigenvalue weighted by Crippen LogP contribution is 2.23. The molecule has 0 fully saturated rings. The van der Waals surface area contributed by atoms with Gasteiger partial charge >= 0.3 is 6.18 Å². The largest absolute Gasteiger partial charge is 0.406 e. The van der Waals surface area contributed by atoms with Crippen LogP contribution in [0, 0.1) is 0 Å². The van der Waals surface area contributed by atoms with Crippen LogP contribution in [-0.2, 0) is 0 Å². The number of rotatable bonds is 4. The smallest absolute Gasteiger partial charge is 0.395 e. The number of hydrogen-bond acceptors (Lipinski definition) is 4. The number of nitrogens with zero attached hydrogens (tertiary/aromatic N) is 2. The fourth-order valence-corrected chi connectivity index (χ4v) is 1.62. The molecule has 0 bridgehead atoms. The number of hydrogen-bond donors (Lipinski definition) is 1. The number of aliphatic hydroxyl groups is 1. The predicted octanol–water partition coefficient (Wildman–Crippen LogP) is 1.50. The van der Waals surface area contributed by atoms with Gasteiger partial charge in [0.2, 0.25) is 0 Å². The maximum Gasteiger partial charge on any atom is 0.406 e. The molecular formula is C7H9F3N2OS. The summed E-state index contributed by atoms with van der Waals surface area (Å²) in [6, 6.07) is 0. The molecule has 0 aliphatic rings. The van der Waals surface area contributed by atoms with E-state index in [0.29, 0.717) is 0 Å². The molecule has 0 amide bonds. The molecule has 0 radical (unpaired) electrons. The van der Waals surface area contributed by atoms with Crippen LogP contribution in [0.5, 0.6) is 0 Å². The van der Waals surface area contributed by atoms with E-state index >= 15 is 0 Å². The van der Waals surface area contributed by atoms with Crippen molar-refractivity contribution in [2.45, 2.75) is 6.18 Å². The first kappa shape index (κ1) is 11.3. The minimum Gasteiger partial charge on any atom is -0.395 e. The van der Waals surface area contributed by atoms with E-state index in [9.17, 15) is 13.2 Å². The first-order valence-electron chi connectivity index (χ1n) is 3.85. The summed E-state index contributed by atoms with van der Waals surface area (Å²) in [7, 11) is 0. The Balaban J connectivity index is 2.65. The third-order valence-electron chi connectivity index (χ3n) is 1.43. The lowest BCUT2D eigenvalue weighted by atomic mass is 10.5. The second-order valence-corrected chi connectivity index (χ2v) is 3.45. The third-order valence-corrected chi connectivity index (χ3v) is 2.26. The molecule has 1 N–H and O–H groups in total. The molecule has 1 aromatic rings. The Bertz CT molecular complexity index is 262. The molecule has 1 heterocycles. The van der Waals surface area contributed by atoms with Gasteiger partial charge in [-0.1, -0.05) is 0 Å². The maximum absolute atomic E-state index is 12.1. The standard InChI is InChI=1S/C7H9F3N2OS/c8-7(9,10)5-12(2-3-13)6-11-1-4-14-6/h1,4,13H,2-3,5H2. The summed E-state index contributed by atoms with van der Waals surface area (Å²) in [6.45, 7) is -1.47. The molecule has 80 valence electrons. The summed E-state index contributed by atoms with van der Waals surface area (Å²) in [5.74, 6) is 0. The Kier molecular flexibility index (Phi) is 3.70. The van der Waals surface area contributed by atoms with E-state index in [-0.39, 0.29) is 18.3 Å². The summed E-state index contributed by atoms with van der Waals surface area (Å²) < 4.78 is 36.2. The lowest BCUT2D eigenvalue weighted by molar-refractivity contribution is -0.119. The second kappa shape index (κ2) is 4.61. The van der Waals surface area contributed by atoms with Gasteiger partial charge in [-0.05, 0) is 0 Å². The van der Waals surface area contributed by atoms with E-state index in [4.69, 9.17) is 5.11 Å². The fourth-order valence-electron chi connectivity index (χ4n) is 0.952. The lowest BCUT2D eigenvalue weighted by Crippen LogP contribution is -2.36. The first-order chi connectivity index (χ1) is 6.53. The SMILES string of the molecule is OCCN(CC(F)(F)F)c1nccs1. The highest BCUT2D eigenvalue weighted by molar-refractivity contribution is 7.13. The molecule has 0 aromatic carbocycles. The van der Waals surface area contributed by atoms with Crippen LogP contribution in [0.2, 0.25) is 0 Å². The topological polar surface area (TPSA) is 36.4 Å². The lowest BCUT2D eigenvalue weighted by Gasteiger charge is -2.21. The number of thiazole rings is 1. The molecule has 14 heavy (non-hydrogen) atoms.